The van der Waals surface area contributed by atoms with Gasteiger partial charge in [0.1, 0.15) is 6.04 Å². The Morgan fingerprint density at radius 1 is 1.07 bits per heavy atom. The number of esters is 1. The van der Waals surface area contributed by atoms with Crippen molar-refractivity contribution >= 4 is 23.9 Å². The van der Waals surface area contributed by atoms with E-state index in [2.05, 4.69) is 10.6 Å². The van der Waals surface area contributed by atoms with Gasteiger partial charge in [-0.25, -0.2) is 0 Å². The molecule has 0 bridgehead atoms. The number of rotatable bonds is 6. The van der Waals surface area contributed by atoms with Crippen LogP contribution in [0.1, 0.15) is 22.3 Å². The van der Waals surface area contributed by atoms with Gasteiger partial charge in [-0.05, 0) is 23.8 Å². The minimum Gasteiger partial charge on any atom is -0.481 e. The van der Waals surface area contributed by atoms with Crippen LogP contribution in [0.3, 0.4) is 0 Å². The van der Waals surface area contributed by atoms with Gasteiger partial charge in [0, 0.05) is 5.56 Å². The van der Waals surface area contributed by atoms with E-state index in [1.165, 1.54) is 0 Å². The first-order valence-corrected chi connectivity index (χ1v) is 8.34. The van der Waals surface area contributed by atoms with Gasteiger partial charge in [0.15, 0.2) is 6.23 Å². The third-order valence-electron chi connectivity index (χ3n) is 3.95. The summed E-state index contributed by atoms with van der Waals surface area (Å²) in [5.74, 6) is -2.15. The molecule has 27 heavy (non-hydrogen) atoms. The average molecular weight is 366 g/mol. The highest BCUT2D eigenvalue weighted by atomic mass is 16.6. The molecule has 2 aromatic rings. The molecule has 1 aliphatic rings. The third-order valence-corrected chi connectivity index (χ3v) is 3.95. The summed E-state index contributed by atoms with van der Waals surface area (Å²) in [6.45, 7) is 0. The molecule has 138 valence electrons. The topological polar surface area (TPSA) is 105 Å². The van der Waals surface area contributed by atoms with E-state index >= 15 is 0 Å². The van der Waals surface area contributed by atoms with Gasteiger partial charge in [-0.15, -0.1) is 0 Å². The van der Waals surface area contributed by atoms with Crippen molar-refractivity contribution in [3.05, 3.63) is 77.5 Å². The van der Waals surface area contributed by atoms with Gasteiger partial charge in [0.25, 0.3) is 5.91 Å². The fourth-order valence-electron chi connectivity index (χ4n) is 2.65. The minimum atomic E-state index is -1.12. The molecule has 1 fully saturated rings. The lowest BCUT2D eigenvalue weighted by atomic mass is 10.1. The average Bonchev–Trinajstić information content (AvgIpc) is 3.02. The molecule has 7 nitrogen and oxygen atoms in total. The highest BCUT2D eigenvalue weighted by Gasteiger charge is 2.37. The summed E-state index contributed by atoms with van der Waals surface area (Å²) >= 11 is 0. The number of carbonyl (C=O) groups is 3. The number of aliphatic carboxylic acids is 1. The third kappa shape index (κ3) is 4.80. The number of cyclic esters (lactones) is 1. The van der Waals surface area contributed by atoms with Crippen LogP contribution in [-0.4, -0.2) is 35.2 Å². The maximum atomic E-state index is 12.5. The smallest absolute Gasteiger partial charge is 0.325 e. The van der Waals surface area contributed by atoms with Crippen LogP contribution in [0.25, 0.3) is 6.08 Å². The molecular formula is C20H18N2O5. The Labute approximate surface area is 155 Å². The SMILES string of the molecule is O=C(O)CC1NC(/C(=C/c2ccccc2)NC(=O)c2ccccc2)OC1=O. The Morgan fingerprint density at radius 3 is 2.33 bits per heavy atom. The molecule has 0 spiro atoms. The highest BCUT2D eigenvalue weighted by Crippen LogP contribution is 2.17. The molecule has 1 heterocycles. The van der Waals surface area contributed by atoms with Crippen molar-refractivity contribution in [3.8, 4) is 0 Å². The summed E-state index contributed by atoms with van der Waals surface area (Å²) in [4.78, 5) is 35.4. The molecule has 0 aromatic heterocycles. The van der Waals surface area contributed by atoms with E-state index < -0.39 is 30.6 Å². The summed E-state index contributed by atoms with van der Waals surface area (Å²) in [6.07, 6.45) is 0.324. The van der Waals surface area contributed by atoms with E-state index in [0.29, 0.717) is 11.3 Å². The Kier molecular flexibility index (Phi) is 5.63. The van der Waals surface area contributed by atoms with Crippen molar-refractivity contribution in [1.29, 1.82) is 0 Å². The normalized spacial score (nSPS) is 19.4. The molecule has 2 unspecified atom stereocenters. The van der Waals surface area contributed by atoms with Crippen LogP contribution < -0.4 is 10.6 Å². The second-order valence-corrected chi connectivity index (χ2v) is 5.96. The van der Waals surface area contributed by atoms with E-state index in [1.54, 1.807) is 36.4 Å². The number of ether oxygens (including phenoxy) is 1. The summed E-state index contributed by atoms with van der Waals surface area (Å²) < 4.78 is 5.25. The van der Waals surface area contributed by atoms with E-state index in [4.69, 9.17) is 9.84 Å². The molecule has 0 aliphatic carbocycles. The molecule has 0 radical (unpaired) electrons. The number of carboxylic acid groups (broad SMARTS) is 1. The predicted octanol–water partition coefficient (Wildman–Crippen LogP) is 1.77. The van der Waals surface area contributed by atoms with Crippen LogP contribution in [0.2, 0.25) is 0 Å². The highest BCUT2D eigenvalue weighted by molar-refractivity contribution is 5.96. The fraction of sp³-hybridized carbons (Fsp3) is 0.150. The van der Waals surface area contributed by atoms with Crippen LogP contribution in [0.4, 0.5) is 0 Å². The van der Waals surface area contributed by atoms with E-state index in [0.717, 1.165) is 5.56 Å². The zero-order chi connectivity index (χ0) is 19.2. The maximum absolute atomic E-state index is 12.5. The predicted molar refractivity (Wildman–Crippen MR) is 97.4 cm³/mol. The van der Waals surface area contributed by atoms with E-state index in [9.17, 15) is 14.4 Å². The van der Waals surface area contributed by atoms with Crippen molar-refractivity contribution < 1.29 is 24.2 Å². The molecule has 1 saturated heterocycles. The van der Waals surface area contributed by atoms with Crippen LogP contribution in [-0.2, 0) is 14.3 Å². The number of hydrogen-bond acceptors (Lipinski definition) is 5. The molecule has 1 aliphatic heterocycles. The minimum absolute atomic E-state index is 0.316. The summed E-state index contributed by atoms with van der Waals surface area (Å²) in [7, 11) is 0. The Morgan fingerprint density at radius 2 is 1.70 bits per heavy atom. The lowest BCUT2D eigenvalue weighted by Gasteiger charge is -2.16. The van der Waals surface area contributed by atoms with Crippen LogP contribution in [0.15, 0.2) is 66.4 Å². The molecule has 7 heteroatoms. The van der Waals surface area contributed by atoms with E-state index in [-0.39, 0.29) is 5.91 Å². The van der Waals surface area contributed by atoms with Gasteiger partial charge in [-0.2, -0.15) is 0 Å². The summed E-state index contributed by atoms with van der Waals surface area (Å²) in [5, 5.41) is 14.5. The van der Waals surface area contributed by atoms with Crippen molar-refractivity contribution in [2.24, 2.45) is 0 Å². The largest absolute Gasteiger partial charge is 0.481 e. The molecular weight excluding hydrogens is 348 g/mol. The summed E-state index contributed by atoms with van der Waals surface area (Å²) in [6, 6.07) is 16.8. The molecule has 2 aromatic carbocycles. The number of carboxylic acids is 1. The number of carbonyl (C=O) groups excluding carboxylic acids is 2. The second-order valence-electron chi connectivity index (χ2n) is 5.96. The van der Waals surface area contributed by atoms with Gasteiger partial charge < -0.3 is 15.2 Å². The van der Waals surface area contributed by atoms with Crippen molar-refractivity contribution in [1.82, 2.24) is 10.6 Å². The van der Waals surface area contributed by atoms with Gasteiger partial charge in [-0.3, -0.25) is 19.7 Å². The quantitative estimate of drug-likeness (QED) is 0.673. The maximum Gasteiger partial charge on any atom is 0.325 e. The lowest BCUT2D eigenvalue weighted by Crippen LogP contribution is -2.39. The number of amides is 1. The van der Waals surface area contributed by atoms with Crippen LogP contribution in [0, 0.1) is 0 Å². The fourth-order valence-corrected chi connectivity index (χ4v) is 2.65. The van der Waals surface area contributed by atoms with Gasteiger partial charge in [-0.1, -0.05) is 48.5 Å². The first kappa shape index (κ1) is 18.3. The second kappa shape index (κ2) is 8.29. The molecule has 3 rings (SSSR count). The lowest BCUT2D eigenvalue weighted by molar-refractivity contribution is -0.145. The first-order valence-electron chi connectivity index (χ1n) is 8.34. The standard InChI is InChI=1S/C20H18N2O5/c23-17(24)12-16-20(26)27-19(22-16)15(11-13-7-3-1-4-8-13)21-18(25)14-9-5-2-6-10-14/h1-11,16,19,22H,12H2,(H,21,25)(H,23,24)/b15-11-. The number of nitrogens with one attached hydrogen (secondary N) is 2. The Hall–Kier alpha value is -3.45. The van der Waals surface area contributed by atoms with Gasteiger partial charge >= 0.3 is 11.9 Å². The zero-order valence-electron chi connectivity index (χ0n) is 14.3. The molecule has 0 saturated carbocycles. The molecule has 1 amide bonds. The van der Waals surface area contributed by atoms with Crippen LogP contribution in [0.5, 0.6) is 0 Å². The van der Waals surface area contributed by atoms with Gasteiger partial charge in [0.05, 0.1) is 12.1 Å². The monoisotopic (exact) mass is 366 g/mol. The molecule has 2 atom stereocenters. The Bertz CT molecular complexity index is 864. The van der Waals surface area contributed by atoms with Crippen molar-refractivity contribution in [3.63, 3.8) is 0 Å². The van der Waals surface area contributed by atoms with Gasteiger partial charge in [0.2, 0.25) is 0 Å². The van der Waals surface area contributed by atoms with E-state index in [1.807, 2.05) is 30.3 Å². The summed E-state index contributed by atoms with van der Waals surface area (Å²) in [5.41, 5.74) is 1.56. The number of hydrogen-bond donors (Lipinski definition) is 3. The van der Waals surface area contributed by atoms with Crippen molar-refractivity contribution in [2.75, 3.05) is 0 Å². The Balaban J connectivity index is 1.85. The van der Waals surface area contributed by atoms with Crippen molar-refractivity contribution in [2.45, 2.75) is 18.7 Å². The number of benzene rings is 2. The molecule has 3 N–H and O–H groups in total. The zero-order valence-corrected chi connectivity index (χ0v) is 14.3. The van der Waals surface area contributed by atoms with Crippen LogP contribution >= 0.6 is 0 Å². The first-order chi connectivity index (χ1) is 13.0.